The van der Waals surface area contributed by atoms with Crippen molar-refractivity contribution in [2.24, 2.45) is 0 Å². The first-order valence-electron chi connectivity index (χ1n) is 18.3. The Morgan fingerprint density at radius 3 is 2.18 bits per heavy atom. The summed E-state index contributed by atoms with van der Waals surface area (Å²) in [5.41, 5.74) is 14.2. The summed E-state index contributed by atoms with van der Waals surface area (Å²) in [6.07, 6.45) is 4.04. The van der Waals surface area contributed by atoms with Crippen molar-refractivity contribution in [3.8, 4) is 34.1 Å². The molecule has 7 aromatic rings. The lowest BCUT2D eigenvalue weighted by Crippen LogP contribution is -2.13. The molecular weight excluding hydrogens is 625 g/mol. The van der Waals surface area contributed by atoms with Gasteiger partial charge in [-0.25, -0.2) is 9.67 Å². The maximum Gasteiger partial charge on any atom is 0.137 e. The van der Waals surface area contributed by atoms with E-state index >= 15 is 0 Å². The molecule has 260 valence electrons. The van der Waals surface area contributed by atoms with Crippen molar-refractivity contribution in [2.45, 2.75) is 93.4 Å². The van der Waals surface area contributed by atoms with Gasteiger partial charge < -0.3 is 4.74 Å². The summed E-state index contributed by atoms with van der Waals surface area (Å²) < 4.78 is 11.3. The first-order chi connectivity index (χ1) is 24.3. The van der Waals surface area contributed by atoms with Crippen molar-refractivity contribution >= 4 is 21.8 Å². The van der Waals surface area contributed by atoms with Crippen LogP contribution in [-0.4, -0.2) is 19.3 Å². The molecular formula is C46H50N4O. The largest absolute Gasteiger partial charge is 0.457 e. The summed E-state index contributed by atoms with van der Waals surface area (Å²) >= 11 is 0. The average Bonchev–Trinajstić information content (AvgIpc) is 3.58. The number of nitrogens with zero attached hydrogens (tertiary/aromatic N) is 4. The van der Waals surface area contributed by atoms with Gasteiger partial charge in [-0.15, -0.1) is 0 Å². The Labute approximate surface area is 302 Å². The number of hydrogen-bond donors (Lipinski definition) is 0. The van der Waals surface area contributed by atoms with Crippen LogP contribution in [0.25, 0.3) is 44.4 Å². The summed E-state index contributed by atoms with van der Waals surface area (Å²) in [7, 11) is 0. The predicted octanol–water partition coefficient (Wildman–Crippen LogP) is 12.4. The maximum atomic E-state index is 6.83. The van der Waals surface area contributed by atoms with Gasteiger partial charge in [-0.1, -0.05) is 83.9 Å². The van der Waals surface area contributed by atoms with Crippen LogP contribution in [0.2, 0.25) is 0 Å². The Hall–Kier alpha value is -5.16. The van der Waals surface area contributed by atoms with Gasteiger partial charge in [0.2, 0.25) is 0 Å². The van der Waals surface area contributed by atoms with Gasteiger partial charge in [0, 0.05) is 34.7 Å². The molecule has 0 aliphatic rings. The van der Waals surface area contributed by atoms with Crippen LogP contribution in [0.5, 0.6) is 11.5 Å². The van der Waals surface area contributed by atoms with E-state index in [0.29, 0.717) is 0 Å². The molecule has 0 saturated heterocycles. The van der Waals surface area contributed by atoms with Crippen molar-refractivity contribution in [3.63, 3.8) is 0 Å². The van der Waals surface area contributed by atoms with Gasteiger partial charge in [-0.05, 0) is 116 Å². The fraction of sp³-hybridized carbons (Fsp3) is 0.304. The second-order valence-corrected chi connectivity index (χ2v) is 15.6. The monoisotopic (exact) mass is 674 g/mol. The molecule has 0 radical (unpaired) electrons. The first kappa shape index (κ1) is 34.3. The SMILES string of the molecule is CCCc1ccnc(-n2c3ccccc3c3ccc(Oc4cc(-n5nc(C)c(-c6c(C)cc(C)cc6C)c5C(C)C)cc(C(C)(C)C)c4)cc32)c1. The number of rotatable bonds is 8. The average molecular weight is 675 g/mol. The molecule has 5 nitrogen and oxygen atoms in total. The highest BCUT2D eigenvalue weighted by molar-refractivity contribution is 6.09. The van der Waals surface area contributed by atoms with Crippen LogP contribution in [0.15, 0.2) is 91.1 Å². The molecule has 0 bridgehead atoms. The Morgan fingerprint density at radius 1 is 0.745 bits per heavy atom. The zero-order valence-electron chi connectivity index (χ0n) is 31.8. The molecule has 5 heteroatoms. The molecule has 3 heterocycles. The van der Waals surface area contributed by atoms with Gasteiger partial charge in [0.1, 0.15) is 17.3 Å². The van der Waals surface area contributed by atoms with Crippen LogP contribution >= 0.6 is 0 Å². The molecule has 0 spiro atoms. The Kier molecular flexibility index (Phi) is 8.87. The number of pyridine rings is 1. The van der Waals surface area contributed by atoms with Crippen LogP contribution in [0.1, 0.15) is 93.1 Å². The van der Waals surface area contributed by atoms with Crippen molar-refractivity contribution in [1.29, 1.82) is 0 Å². The van der Waals surface area contributed by atoms with Crippen molar-refractivity contribution in [3.05, 3.63) is 130 Å². The normalized spacial score (nSPS) is 12.1. The third kappa shape index (κ3) is 6.35. The van der Waals surface area contributed by atoms with E-state index in [1.807, 2.05) is 6.20 Å². The molecule has 0 atom stereocenters. The summed E-state index contributed by atoms with van der Waals surface area (Å²) in [5, 5.41) is 7.61. The van der Waals surface area contributed by atoms with Gasteiger partial charge in [0.25, 0.3) is 0 Å². The summed E-state index contributed by atoms with van der Waals surface area (Å²) in [6.45, 7) is 22.2. The zero-order chi connectivity index (χ0) is 36.2. The minimum absolute atomic E-state index is 0.104. The number of ether oxygens (including phenoxy) is 1. The standard InChI is InChI=1S/C46H50N4O/c1-11-14-33-19-20-47-42(23-33)49-40-16-13-12-15-38(40)39-18-17-36(27-41(39)49)51-37-25-34(46(8,9)10)24-35(26-37)50-45(28(2)3)44(32(7)48-50)43-30(5)21-29(4)22-31(43)6/h12-13,15-28H,11,14H2,1-10H3. The highest BCUT2D eigenvalue weighted by Crippen LogP contribution is 2.41. The maximum absolute atomic E-state index is 6.83. The Balaban J connectivity index is 1.38. The number of aromatic nitrogens is 4. The van der Waals surface area contributed by atoms with Gasteiger partial charge in [-0.2, -0.15) is 5.10 Å². The molecule has 0 unspecified atom stereocenters. The van der Waals surface area contributed by atoms with Crippen LogP contribution in [-0.2, 0) is 11.8 Å². The second kappa shape index (κ2) is 13.2. The molecule has 0 N–H and O–H groups in total. The minimum Gasteiger partial charge on any atom is -0.457 e. The molecule has 3 aromatic heterocycles. The fourth-order valence-electron chi connectivity index (χ4n) is 7.78. The molecule has 0 aliphatic heterocycles. The lowest BCUT2D eigenvalue weighted by Gasteiger charge is -2.22. The summed E-state index contributed by atoms with van der Waals surface area (Å²) in [4.78, 5) is 4.84. The molecule has 51 heavy (non-hydrogen) atoms. The van der Waals surface area contributed by atoms with E-state index in [9.17, 15) is 0 Å². The van der Waals surface area contributed by atoms with E-state index in [1.165, 1.54) is 55.4 Å². The lowest BCUT2D eigenvalue weighted by molar-refractivity contribution is 0.478. The molecule has 0 fully saturated rings. The van der Waals surface area contributed by atoms with Crippen LogP contribution in [0, 0.1) is 27.7 Å². The van der Waals surface area contributed by atoms with E-state index < -0.39 is 0 Å². The van der Waals surface area contributed by atoms with Crippen LogP contribution < -0.4 is 4.74 Å². The van der Waals surface area contributed by atoms with Gasteiger partial charge in [0.05, 0.1) is 28.1 Å². The van der Waals surface area contributed by atoms with Crippen LogP contribution in [0.3, 0.4) is 0 Å². The Bertz CT molecular complexity index is 2390. The van der Waals surface area contributed by atoms with Gasteiger partial charge >= 0.3 is 0 Å². The van der Waals surface area contributed by atoms with Crippen molar-refractivity contribution in [1.82, 2.24) is 19.3 Å². The van der Waals surface area contributed by atoms with Crippen molar-refractivity contribution < 1.29 is 4.74 Å². The third-order valence-electron chi connectivity index (χ3n) is 10.0. The third-order valence-corrected chi connectivity index (χ3v) is 10.0. The number of aryl methyl sites for hydroxylation is 5. The number of hydrogen-bond acceptors (Lipinski definition) is 3. The topological polar surface area (TPSA) is 44.9 Å². The van der Waals surface area contributed by atoms with E-state index in [1.54, 1.807) is 0 Å². The van der Waals surface area contributed by atoms with E-state index in [0.717, 1.165) is 52.6 Å². The summed E-state index contributed by atoms with van der Waals surface area (Å²) in [5.74, 6) is 2.74. The van der Waals surface area contributed by atoms with Crippen LogP contribution in [0.4, 0.5) is 0 Å². The number of para-hydroxylation sites is 1. The van der Waals surface area contributed by atoms with E-state index in [-0.39, 0.29) is 11.3 Å². The number of benzene rings is 4. The van der Waals surface area contributed by atoms with Gasteiger partial charge in [-0.3, -0.25) is 4.57 Å². The molecule has 0 saturated carbocycles. The van der Waals surface area contributed by atoms with Gasteiger partial charge in [0.15, 0.2) is 0 Å². The fourth-order valence-corrected chi connectivity index (χ4v) is 7.78. The quantitative estimate of drug-likeness (QED) is 0.161. The first-order valence-corrected chi connectivity index (χ1v) is 18.3. The minimum atomic E-state index is -0.104. The highest BCUT2D eigenvalue weighted by Gasteiger charge is 2.25. The Morgan fingerprint density at radius 2 is 1.47 bits per heavy atom. The summed E-state index contributed by atoms with van der Waals surface area (Å²) in [6, 6.07) is 30.5. The molecule has 0 aliphatic carbocycles. The zero-order valence-corrected chi connectivity index (χ0v) is 31.8. The second-order valence-electron chi connectivity index (χ2n) is 15.6. The highest BCUT2D eigenvalue weighted by atomic mass is 16.5. The smallest absolute Gasteiger partial charge is 0.137 e. The van der Waals surface area contributed by atoms with E-state index in [2.05, 4.69) is 163 Å². The lowest BCUT2D eigenvalue weighted by atomic mass is 9.86. The molecule has 4 aromatic carbocycles. The predicted molar refractivity (Wildman–Crippen MR) is 213 cm³/mol. The number of fused-ring (bicyclic) bond motifs is 3. The molecule has 7 rings (SSSR count). The van der Waals surface area contributed by atoms with E-state index in [4.69, 9.17) is 14.8 Å². The molecule has 0 amide bonds. The van der Waals surface area contributed by atoms with Crippen molar-refractivity contribution in [2.75, 3.05) is 0 Å².